The average Bonchev–Trinajstić information content (AvgIpc) is 2.28. The number of nitrogens with zero attached hydrogens (tertiary/aromatic N) is 2. The highest BCUT2D eigenvalue weighted by Gasteiger charge is 2.15. The molecule has 0 bridgehead atoms. The van der Waals surface area contributed by atoms with Crippen LogP contribution in [0.15, 0.2) is 12.1 Å². The van der Waals surface area contributed by atoms with E-state index in [4.69, 9.17) is 16.7 Å². The fourth-order valence-electron chi connectivity index (χ4n) is 1.59. The molecule has 0 radical (unpaired) electrons. The zero-order chi connectivity index (χ0) is 12.8. The molecule has 0 unspecified atom stereocenters. The van der Waals surface area contributed by atoms with Gasteiger partial charge in [-0.15, -0.1) is 0 Å². The van der Waals surface area contributed by atoms with Gasteiger partial charge in [0.2, 0.25) is 0 Å². The quantitative estimate of drug-likeness (QED) is 0.628. The highest BCUT2D eigenvalue weighted by atomic mass is 35.5. The molecule has 0 aliphatic rings. The SMILES string of the molecule is CCCCCN(C)c1nc(Cl)ccc1C(=O)O. The Labute approximate surface area is 106 Å². The molecule has 5 heteroatoms. The van der Waals surface area contributed by atoms with Crippen LogP contribution < -0.4 is 4.90 Å². The monoisotopic (exact) mass is 256 g/mol. The molecule has 1 heterocycles. The molecule has 0 aliphatic carbocycles. The van der Waals surface area contributed by atoms with Gasteiger partial charge in [0.25, 0.3) is 0 Å². The Morgan fingerprint density at radius 2 is 2.18 bits per heavy atom. The first-order valence-corrected chi connectivity index (χ1v) is 6.05. The zero-order valence-electron chi connectivity index (χ0n) is 10.1. The Balaban J connectivity index is 2.86. The van der Waals surface area contributed by atoms with Crippen LogP contribution in [0.2, 0.25) is 5.15 Å². The molecule has 94 valence electrons. The zero-order valence-corrected chi connectivity index (χ0v) is 10.9. The van der Waals surface area contributed by atoms with Crippen LogP contribution in [-0.2, 0) is 0 Å². The molecule has 4 nitrogen and oxygen atoms in total. The number of carboxylic acid groups (broad SMARTS) is 1. The van der Waals surface area contributed by atoms with Crippen molar-refractivity contribution in [2.75, 3.05) is 18.5 Å². The summed E-state index contributed by atoms with van der Waals surface area (Å²) in [5.74, 6) is -0.549. The van der Waals surface area contributed by atoms with Gasteiger partial charge in [-0.2, -0.15) is 0 Å². The van der Waals surface area contributed by atoms with E-state index in [0.717, 1.165) is 25.8 Å². The molecule has 0 fully saturated rings. The molecule has 1 aromatic heterocycles. The highest BCUT2D eigenvalue weighted by Crippen LogP contribution is 2.20. The second-order valence-corrected chi connectivity index (χ2v) is 4.33. The fourth-order valence-corrected chi connectivity index (χ4v) is 1.73. The molecule has 1 aromatic rings. The van der Waals surface area contributed by atoms with E-state index in [9.17, 15) is 4.79 Å². The van der Waals surface area contributed by atoms with E-state index >= 15 is 0 Å². The number of rotatable bonds is 6. The lowest BCUT2D eigenvalue weighted by Crippen LogP contribution is -2.22. The van der Waals surface area contributed by atoms with Crippen molar-refractivity contribution < 1.29 is 9.90 Å². The van der Waals surface area contributed by atoms with Crippen molar-refractivity contribution >= 4 is 23.4 Å². The van der Waals surface area contributed by atoms with Crippen LogP contribution in [0.1, 0.15) is 36.5 Å². The van der Waals surface area contributed by atoms with Crippen LogP contribution in [0.5, 0.6) is 0 Å². The average molecular weight is 257 g/mol. The van der Waals surface area contributed by atoms with Crippen molar-refractivity contribution in [1.82, 2.24) is 4.98 Å². The van der Waals surface area contributed by atoms with Gasteiger partial charge >= 0.3 is 5.97 Å². The molecule has 0 amide bonds. The second-order valence-electron chi connectivity index (χ2n) is 3.94. The van der Waals surface area contributed by atoms with Crippen molar-refractivity contribution in [2.24, 2.45) is 0 Å². The number of carboxylic acids is 1. The summed E-state index contributed by atoms with van der Waals surface area (Å²) >= 11 is 5.80. The maximum atomic E-state index is 11.1. The predicted molar refractivity (Wildman–Crippen MR) is 69.0 cm³/mol. The lowest BCUT2D eigenvalue weighted by atomic mass is 10.2. The van der Waals surface area contributed by atoms with Crippen LogP contribution in [0.25, 0.3) is 0 Å². The molecular formula is C12H17ClN2O2. The molecule has 0 aliphatic heterocycles. The Bertz CT molecular complexity index is 396. The van der Waals surface area contributed by atoms with Gasteiger partial charge in [0.15, 0.2) is 0 Å². The molecule has 0 saturated heterocycles. The van der Waals surface area contributed by atoms with Crippen LogP contribution in [0.4, 0.5) is 5.82 Å². The van der Waals surface area contributed by atoms with Gasteiger partial charge in [0, 0.05) is 13.6 Å². The molecule has 0 saturated carbocycles. The first kappa shape index (κ1) is 13.8. The van der Waals surface area contributed by atoms with Crippen LogP contribution in [-0.4, -0.2) is 29.7 Å². The predicted octanol–water partition coefficient (Wildman–Crippen LogP) is 3.06. The summed E-state index contributed by atoms with van der Waals surface area (Å²) in [6, 6.07) is 2.98. The van der Waals surface area contributed by atoms with Gasteiger partial charge in [-0.25, -0.2) is 9.78 Å². The number of halogens is 1. The normalized spacial score (nSPS) is 10.3. The van der Waals surface area contributed by atoms with Gasteiger partial charge in [-0.3, -0.25) is 0 Å². The van der Waals surface area contributed by atoms with Crippen molar-refractivity contribution in [1.29, 1.82) is 0 Å². The van der Waals surface area contributed by atoms with Gasteiger partial charge in [-0.05, 0) is 18.6 Å². The van der Waals surface area contributed by atoms with E-state index in [1.807, 2.05) is 11.9 Å². The van der Waals surface area contributed by atoms with Gasteiger partial charge in [0.1, 0.15) is 16.5 Å². The lowest BCUT2D eigenvalue weighted by Gasteiger charge is -2.19. The minimum absolute atomic E-state index is 0.188. The largest absolute Gasteiger partial charge is 0.478 e. The topological polar surface area (TPSA) is 53.4 Å². The first-order chi connectivity index (χ1) is 8.06. The minimum Gasteiger partial charge on any atom is -0.478 e. The molecule has 17 heavy (non-hydrogen) atoms. The van der Waals surface area contributed by atoms with Crippen LogP contribution >= 0.6 is 11.6 Å². The lowest BCUT2D eigenvalue weighted by molar-refractivity contribution is 0.0697. The Morgan fingerprint density at radius 1 is 1.47 bits per heavy atom. The van der Waals surface area contributed by atoms with E-state index in [1.54, 1.807) is 0 Å². The summed E-state index contributed by atoms with van der Waals surface area (Å²) < 4.78 is 0. The highest BCUT2D eigenvalue weighted by molar-refractivity contribution is 6.29. The standard InChI is InChI=1S/C12H17ClN2O2/c1-3-4-5-8-15(2)11-9(12(16)17)6-7-10(13)14-11/h6-7H,3-5,8H2,1-2H3,(H,16,17). The second kappa shape index (κ2) is 6.45. The number of hydrogen-bond acceptors (Lipinski definition) is 3. The molecule has 1 N–H and O–H groups in total. The van der Waals surface area contributed by atoms with E-state index in [2.05, 4.69) is 11.9 Å². The summed E-state index contributed by atoms with van der Waals surface area (Å²) in [6.07, 6.45) is 3.26. The number of aromatic carboxylic acids is 1. The number of pyridine rings is 1. The summed E-state index contributed by atoms with van der Waals surface area (Å²) in [5, 5.41) is 9.38. The van der Waals surface area contributed by atoms with E-state index in [-0.39, 0.29) is 5.56 Å². The Hall–Kier alpha value is -1.29. The van der Waals surface area contributed by atoms with E-state index in [0.29, 0.717) is 11.0 Å². The number of carbonyl (C=O) groups is 1. The van der Waals surface area contributed by atoms with Gasteiger partial charge in [0.05, 0.1) is 0 Å². The number of unbranched alkanes of at least 4 members (excludes halogenated alkanes) is 2. The van der Waals surface area contributed by atoms with Gasteiger partial charge in [-0.1, -0.05) is 31.4 Å². The summed E-state index contributed by atoms with van der Waals surface area (Å²) in [5.41, 5.74) is 0.188. The van der Waals surface area contributed by atoms with Gasteiger partial charge < -0.3 is 10.0 Å². The third-order valence-electron chi connectivity index (χ3n) is 2.53. The fraction of sp³-hybridized carbons (Fsp3) is 0.500. The van der Waals surface area contributed by atoms with Crippen molar-refractivity contribution in [2.45, 2.75) is 26.2 Å². The van der Waals surface area contributed by atoms with Crippen molar-refractivity contribution in [3.63, 3.8) is 0 Å². The summed E-state index contributed by atoms with van der Waals surface area (Å²) in [7, 11) is 1.83. The number of anilines is 1. The molecular weight excluding hydrogens is 240 g/mol. The van der Waals surface area contributed by atoms with Crippen molar-refractivity contribution in [3.05, 3.63) is 22.8 Å². The molecule has 0 atom stereocenters. The third-order valence-corrected chi connectivity index (χ3v) is 2.74. The maximum absolute atomic E-state index is 11.1. The maximum Gasteiger partial charge on any atom is 0.339 e. The van der Waals surface area contributed by atoms with Crippen LogP contribution in [0, 0.1) is 0 Å². The molecule has 1 rings (SSSR count). The molecule has 0 spiro atoms. The van der Waals surface area contributed by atoms with Crippen molar-refractivity contribution in [3.8, 4) is 0 Å². The molecule has 0 aromatic carbocycles. The summed E-state index contributed by atoms with van der Waals surface area (Å²) in [4.78, 5) is 17.0. The third kappa shape index (κ3) is 3.89. The smallest absolute Gasteiger partial charge is 0.339 e. The summed E-state index contributed by atoms with van der Waals surface area (Å²) in [6.45, 7) is 2.90. The Kier molecular flexibility index (Phi) is 5.22. The van der Waals surface area contributed by atoms with E-state index in [1.165, 1.54) is 12.1 Å². The van der Waals surface area contributed by atoms with E-state index < -0.39 is 5.97 Å². The Morgan fingerprint density at radius 3 is 2.76 bits per heavy atom. The van der Waals surface area contributed by atoms with Crippen LogP contribution in [0.3, 0.4) is 0 Å². The minimum atomic E-state index is -0.980. The number of aromatic nitrogens is 1. The first-order valence-electron chi connectivity index (χ1n) is 5.67. The number of hydrogen-bond donors (Lipinski definition) is 1.